The first-order valence-corrected chi connectivity index (χ1v) is 11.1. The summed E-state index contributed by atoms with van der Waals surface area (Å²) in [6, 6.07) is 8.58. The molecular formula is C26H30N2. The molecule has 1 aromatic heterocycles. The van der Waals surface area contributed by atoms with Gasteiger partial charge in [-0.3, -0.25) is 0 Å². The molecule has 0 radical (unpaired) electrons. The highest BCUT2D eigenvalue weighted by molar-refractivity contribution is 5.80. The molecule has 2 aromatic rings. The van der Waals surface area contributed by atoms with Crippen LogP contribution in [0, 0.1) is 28.6 Å². The molecule has 0 saturated heterocycles. The molecule has 144 valence electrons. The van der Waals surface area contributed by atoms with Gasteiger partial charge in [0.1, 0.15) is 6.33 Å². The van der Waals surface area contributed by atoms with Crippen LogP contribution in [0.4, 0.5) is 0 Å². The quantitative estimate of drug-likeness (QED) is 0.552. The number of benzene rings is 1. The lowest BCUT2D eigenvalue weighted by Gasteiger charge is -2.57. The Bertz CT molecular complexity index is 1040. The second-order valence-electron chi connectivity index (χ2n) is 10.0. The van der Waals surface area contributed by atoms with E-state index in [9.17, 15) is 0 Å². The van der Waals surface area contributed by atoms with Crippen molar-refractivity contribution < 1.29 is 0 Å². The molecule has 0 aliphatic heterocycles. The normalized spacial score (nSPS) is 39.1. The van der Waals surface area contributed by atoms with Crippen LogP contribution in [0.1, 0.15) is 52.4 Å². The largest absolute Gasteiger partial charge is 0.302 e. The van der Waals surface area contributed by atoms with Gasteiger partial charge in [0, 0.05) is 11.1 Å². The van der Waals surface area contributed by atoms with Gasteiger partial charge in [0.05, 0.1) is 11.0 Å². The lowest BCUT2D eigenvalue weighted by molar-refractivity contribution is -0.0163. The minimum atomic E-state index is 0.284. The van der Waals surface area contributed by atoms with Gasteiger partial charge in [-0.2, -0.15) is 0 Å². The third kappa shape index (κ3) is 2.07. The van der Waals surface area contributed by atoms with Crippen LogP contribution in [-0.2, 0) is 0 Å². The smallest absolute Gasteiger partial charge is 0.100 e. The molecule has 0 bridgehead atoms. The number of allylic oxidation sites excluding steroid dienone is 6. The van der Waals surface area contributed by atoms with E-state index >= 15 is 0 Å². The Morgan fingerprint density at radius 3 is 2.89 bits per heavy atom. The molecule has 1 heterocycles. The van der Waals surface area contributed by atoms with Crippen molar-refractivity contribution in [2.45, 2.75) is 52.4 Å². The summed E-state index contributed by atoms with van der Waals surface area (Å²) in [6.07, 6.45) is 19.6. The summed E-state index contributed by atoms with van der Waals surface area (Å²) >= 11 is 0. The van der Waals surface area contributed by atoms with Crippen molar-refractivity contribution in [3.8, 4) is 0 Å². The molecular weight excluding hydrogens is 340 g/mol. The predicted octanol–water partition coefficient (Wildman–Crippen LogP) is 6.62. The summed E-state index contributed by atoms with van der Waals surface area (Å²) in [5.41, 5.74) is 6.30. The van der Waals surface area contributed by atoms with Gasteiger partial charge in [-0.25, -0.2) is 4.98 Å². The summed E-state index contributed by atoms with van der Waals surface area (Å²) in [7, 11) is 0. The van der Waals surface area contributed by atoms with Crippen molar-refractivity contribution in [1.29, 1.82) is 0 Å². The molecule has 4 aliphatic carbocycles. The SMILES string of the molecule is C[C@]12CC=CC=C1CCC1C2CC[C@]2(C)C(n3cnc4ccccc43)=CCC12. The van der Waals surface area contributed by atoms with Crippen molar-refractivity contribution >= 4 is 16.7 Å². The summed E-state index contributed by atoms with van der Waals surface area (Å²) in [4.78, 5) is 4.69. The Morgan fingerprint density at radius 1 is 1.07 bits per heavy atom. The van der Waals surface area contributed by atoms with Crippen LogP contribution in [0.3, 0.4) is 0 Å². The van der Waals surface area contributed by atoms with Crippen molar-refractivity contribution in [3.05, 3.63) is 60.5 Å². The first-order chi connectivity index (χ1) is 13.6. The van der Waals surface area contributed by atoms with E-state index in [0.29, 0.717) is 5.41 Å². The average molecular weight is 371 g/mol. The Hall–Kier alpha value is -2.09. The number of aromatic nitrogens is 2. The van der Waals surface area contributed by atoms with Crippen LogP contribution < -0.4 is 0 Å². The average Bonchev–Trinajstić information content (AvgIpc) is 3.28. The van der Waals surface area contributed by atoms with Crippen molar-refractivity contribution in [2.75, 3.05) is 0 Å². The Labute approximate surface area is 168 Å². The topological polar surface area (TPSA) is 17.8 Å². The fourth-order valence-electron chi connectivity index (χ4n) is 7.45. The fourth-order valence-corrected chi connectivity index (χ4v) is 7.45. The highest BCUT2D eigenvalue weighted by atomic mass is 15.1. The molecule has 6 rings (SSSR count). The number of hydrogen-bond acceptors (Lipinski definition) is 1. The van der Waals surface area contributed by atoms with Gasteiger partial charge < -0.3 is 4.57 Å². The maximum absolute atomic E-state index is 4.69. The second-order valence-corrected chi connectivity index (χ2v) is 10.0. The molecule has 3 unspecified atom stereocenters. The molecule has 0 N–H and O–H groups in total. The Balaban J connectivity index is 1.38. The number of rotatable bonds is 1. The highest BCUT2D eigenvalue weighted by Gasteiger charge is 2.56. The van der Waals surface area contributed by atoms with Gasteiger partial charge in [-0.15, -0.1) is 0 Å². The Kier molecular flexibility index (Phi) is 3.44. The molecule has 1 aromatic carbocycles. The maximum Gasteiger partial charge on any atom is 0.100 e. The van der Waals surface area contributed by atoms with E-state index in [1.165, 1.54) is 49.7 Å². The van der Waals surface area contributed by atoms with E-state index in [2.05, 4.69) is 78.3 Å². The second kappa shape index (κ2) is 5.72. The van der Waals surface area contributed by atoms with Crippen molar-refractivity contribution in [3.63, 3.8) is 0 Å². The zero-order valence-electron chi connectivity index (χ0n) is 17.1. The first-order valence-electron chi connectivity index (χ1n) is 11.1. The van der Waals surface area contributed by atoms with E-state index in [0.717, 1.165) is 23.3 Å². The zero-order chi connectivity index (χ0) is 18.9. The predicted molar refractivity (Wildman–Crippen MR) is 116 cm³/mol. The van der Waals surface area contributed by atoms with Gasteiger partial charge in [0.25, 0.3) is 0 Å². The molecule has 0 amide bonds. The van der Waals surface area contributed by atoms with E-state index in [1.807, 2.05) is 0 Å². The number of nitrogens with zero attached hydrogens (tertiary/aromatic N) is 2. The third-order valence-corrected chi connectivity index (χ3v) is 8.96. The molecule has 5 atom stereocenters. The molecule has 2 fully saturated rings. The number of hydrogen-bond donors (Lipinski definition) is 0. The van der Waals surface area contributed by atoms with Crippen LogP contribution >= 0.6 is 0 Å². The van der Waals surface area contributed by atoms with Crippen LogP contribution in [0.2, 0.25) is 0 Å². The van der Waals surface area contributed by atoms with E-state index in [4.69, 9.17) is 0 Å². The van der Waals surface area contributed by atoms with Crippen molar-refractivity contribution in [2.24, 2.45) is 28.6 Å². The minimum absolute atomic E-state index is 0.284. The van der Waals surface area contributed by atoms with Crippen LogP contribution in [0.5, 0.6) is 0 Å². The first kappa shape index (κ1) is 16.8. The third-order valence-electron chi connectivity index (χ3n) is 8.96. The number of imidazole rings is 1. The molecule has 4 aliphatic rings. The van der Waals surface area contributed by atoms with Gasteiger partial charge in [0.2, 0.25) is 0 Å². The van der Waals surface area contributed by atoms with Crippen LogP contribution in [0.25, 0.3) is 16.7 Å². The Morgan fingerprint density at radius 2 is 1.96 bits per heavy atom. The number of para-hydroxylation sites is 2. The van der Waals surface area contributed by atoms with Crippen LogP contribution in [0.15, 0.2) is 60.5 Å². The van der Waals surface area contributed by atoms with E-state index in [1.54, 1.807) is 5.57 Å². The lowest BCUT2D eigenvalue weighted by atomic mass is 9.47. The van der Waals surface area contributed by atoms with Gasteiger partial charge in [0.15, 0.2) is 0 Å². The maximum atomic E-state index is 4.69. The summed E-state index contributed by atoms with van der Waals surface area (Å²) in [5, 5.41) is 0. The monoisotopic (exact) mass is 370 g/mol. The molecule has 28 heavy (non-hydrogen) atoms. The standard InChI is InChI=1S/C26H30N2/c1-25-15-6-5-7-18(25)10-11-19-20-12-13-24(26(20,2)16-14-21(19)25)28-17-27-22-8-3-4-9-23(22)28/h3-9,13,17,19-21H,10-12,14-16H2,1-2H3/t19?,20?,21?,25-,26-/m0/s1. The van der Waals surface area contributed by atoms with Crippen molar-refractivity contribution in [1.82, 2.24) is 9.55 Å². The summed E-state index contributed by atoms with van der Waals surface area (Å²) in [6.45, 7) is 5.12. The zero-order valence-corrected chi connectivity index (χ0v) is 17.1. The number of fused-ring (bicyclic) bond motifs is 6. The van der Waals surface area contributed by atoms with Gasteiger partial charge in [-0.05, 0) is 73.8 Å². The molecule has 0 spiro atoms. The van der Waals surface area contributed by atoms with Gasteiger partial charge in [-0.1, -0.05) is 55.9 Å². The van der Waals surface area contributed by atoms with E-state index < -0.39 is 0 Å². The van der Waals surface area contributed by atoms with Crippen LogP contribution in [-0.4, -0.2) is 9.55 Å². The summed E-state index contributed by atoms with van der Waals surface area (Å²) in [5.74, 6) is 2.49. The fraction of sp³-hybridized carbons (Fsp3) is 0.500. The summed E-state index contributed by atoms with van der Waals surface area (Å²) < 4.78 is 2.40. The molecule has 2 nitrogen and oxygen atoms in total. The molecule has 2 saturated carbocycles. The van der Waals surface area contributed by atoms with E-state index in [-0.39, 0.29) is 5.41 Å². The lowest BCUT2D eigenvalue weighted by Crippen LogP contribution is -2.49. The van der Waals surface area contributed by atoms with Gasteiger partial charge >= 0.3 is 0 Å². The minimum Gasteiger partial charge on any atom is -0.302 e. The highest BCUT2D eigenvalue weighted by Crippen LogP contribution is 2.65. The molecule has 2 heteroatoms.